The van der Waals surface area contributed by atoms with Crippen molar-refractivity contribution in [2.45, 2.75) is 13.5 Å². The average molecular weight is 181 g/mol. The quantitative estimate of drug-likeness (QED) is 0.649. The van der Waals surface area contributed by atoms with Crippen LogP contribution in [0.4, 0.5) is 0 Å². The Balaban J connectivity index is 2.47. The summed E-state index contributed by atoms with van der Waals surface area (Å²) in [6, 6.07) is 0. The van der Waals surface area contributed by atoms with Crippen molar-refractivity contribution in [2.24, 2.45) is 0 Å². The first-order valence-corrected chi connectivity index (χ1v) is 4.45. The second-order valence-corrected chi connectivity index (χ2v) is 3.86. The average Bonchev–Trinajstić information content (AvgIpc) is 2.36. The Morgan fingerprint density at radius 3 is 2.83 bits per heavy atom. The lowest BCUT2D eigenvalue weighted by Gasteiger charge is -2.09. The topological polar surface area (TPSA) is 29.0 Å². The van der Waals surface area contributed by atoms with Gasteiger partial charge < -0.3 is 0 Å². The highest BCUT2D eigenvalue weighted by Crippen LogP contribution is 2.09. The van der Waals surface area contributed by atoms with Crippen LogP contribution in [0.2, 0.25) is 0 Å². The molecule has 0 saturated carbocycles. The summed E-state index contributed by atoms with van der Waals surface area (Å²) in [6.45, 7) is 3.39. The predicted molar refractivity (Wildman–Crippen MR) is 49.8 cm³/mol. The van der Waals surface area contributed by atoms with Gasteiger partial charge in [0.25, 0.3) is 0 Å². The van der Waals surface area contributed by atoms with Crippen molar-refractivity contribution >= 4 is 11.3 Å². The first-order valence-electron chi connectivity index (χ1n) is 3.63. The molecular weight excluding hydrogens is 170 g/mol. The molecule has 0 fully saturated rings. The Bertz CT molecular complexity index is 287. The van der Waals surface area contributed by atoms with Crippen molar-refractivity contribution in [3.63, 3.8) is 0 Å². The van der Waals surface area contributed by atoms with E-state index in [1.54, 1.807) is 11.3 Å². The number of aromatic nitrogens is 2. The van der Waals surface area contributed by atoms with Crippen molar-refractivity contribution in [2.75, 3.05) is 13.6 Å². The van der Waals surface area contributed by atoms with Gasteiger partial charge in [-0.2, -0.15) is 0 Å². The zero-order valence-electron chi connectivity index (χ0n) is 7.24. The van der Waals surface area contributed by atoms with E-state index in [0.29, 0.717) is 6.54 Å². The normalized spacial score (nSPS) is 10.2. The van der Waals surface area contributed by atoms with Gasteiger partial charge in [-0.1, -0.05) is 5.92 Å². The molecule has 0 radical (unpaired) electrons. The summed E-state index contributed by atoms with van der Waals surface area (Å²) in [4.78, 5) is 2.03. The molecule has 0 unspecified atom stereocenters. The van der Waals surface area contributed by atoms with Crippen molar-refractivity contribution in [1.29, 1.82) is 0 Å². The maximum atomic E-state index is 5.16. The van der Waals surface area contributed by atoms with Gasteiger partial charge in [-0.05, 0) is 14.0 Å². The molecule has 0 saturated heterocycles. The van der Waals surface area contributed by atoms with E-state index in [0.717, 1.165) is 16.6 Å². The predicted octanol–water partition coefficient (Wildman–Crippen LogP) is 0.912. The zero-order chi connectivity index (χ0) is 8.97. The lowest BCUT2D eigenvalue weighted by molar-refractivity contribution is 0.367. The smallest absolute Gasteiger partial charge is 0.131 e. The molecule has 12 heavy (non-hydrogen) atoms. The molecule has 0 atom stereocenters. The van der Waals surface area contributed by atoms with Crippen LogP contribution < -0.4 is 0 Å². The van der Waals surface area contributed by atoms with Gasteiger partial charge in [0.15, 0.2) is 0 Å². The van der Waals surface area contributed by atoms with Crippen LogP contribution in [0.1, 0.15) is 10.0 Å². The monoisotopic (exact) mass is 181 g/mol. The number of hydrogen-bond acceptors (Lipinski definition) is 4. The summed E-state index contributed by atoms with van der Waals surface area (Å²) in [5, 5.41) is 9.93. The van der Waals surface area contributed by atoms with Crippen molar-refractivity contribution < 1.29 is 0 Å². The Morgan fingerprint density at radius 2 is 2.33 bits per heavy atom. The molecule has 0 aromatic carbocycles. The van der Waals surface area contributed by atoms with Crippen LogP contribution in [-0.2, 0) is 6.54 Å². The molecular formula is C8H11N3S. The second-order valence-electron chi connectivity index (χ2n) is 2.59. The highest BCUT2D eigenvalue weighted by atomic mass is 32.1. The molecule has 0 aliphatic rings. The van der Waals surface area contributed by atoms with Crippen molar-refractivity contribution in [1.82, 2.24) is 15.1 Å². The molecule has 0 spiro atoms. The minimum absolute atomic E-state index is 0.651. The fourth-order valence-corrected chi connectivity index (χ4v) is 1.63. The van der Waals surface area contributed by atoms with Gasteiger partial charge in [0.1, 0.15) is 10.0 Å². The lowest BCUT2D eigenvalue weighted by Crippen LogP contribution is -2.17. The fraction of sp³-hybridized carbons (Fsp3) is 0.500. The maximum Gasteiger partial charge on any atom is 0.131 e. The highest BCUT2D eigenvalue weighted by molar-refractivity contribution is 7.11. The lowest BCUT2D eigenvalue weighted by atomic mass is 10.5. The molecule has 0 N–H and O–H groups in total. The molecule has 4 heteroatoms. The number of rotatable bonds is 3. The third-order valence-electron chi connectivity index (χ3n) is 1.33. The second kappa shape index (κ2) is 4.19. The number of nitrogens with zero attached hydrogens (tertiary/aromatic N) is 3. The first-order chi connectivity index (χ1) is 5.72. The Labute approximate surface area is 76.4 Å². The SMILES string of the molecule is C#CCN(C)Cc1nnc(C)s1. The standard InChI is InChI=1S/C8H11N3S/c1-4-5-11(3)6-8-10-9-7(2)12-8/h1H,5-6H2,2-3H3. The molecule has 64 valence electrons. The highest BCUT2D eigenvalue weighted by Gasteiger charge is 2.02. The van der Waals surface area contributed by atoms with Crippen molar-refractivity contribution in [3.05, 3.63) is 10.0 Å². The van der Waals surface area contributed by atoms with Gasteiger partial charge in [-0.15, -0.1) is 28.0 Å². The van der Waals surface area contributed by atoms with E-state index in [4.69, 9.17) is 6.42 Å². The van der Waals surface area contributed by atoms with Gasteiger partial charge in [-0.25, -0.2) is 0 Å². The van der Waals surface area contributed by atoms with Gasteiger partial charge >= 0.3 is 0 Å². The van der Waals surface area contributed by atoms with E-state index in [9.17, 15) is 0 Å². The molecule has 1 aromatic heterocycles. The Hall–Kier alpha value is -0.920. The van der Waals surface area contributed by atoms with Gasteiger partial charge in [0, 0.05) is 0 Å². The van der Waals surface area contributed by atoms with Crippen LogP contribution in [0, 0.1) is 19.3 Å². The van der Waals surface area contributed by atoms with Crippen LogP contribution in [-0.4, -0.2) is 28.7 Å². The van der Waals surface area contributed by atoms with Crippen LogP contribution in [0.25, 0.3) is 0 Å². The zero-order valence-corrected chi connectivity index (χ0v) is 8.06. The van der Waals surface area contributed by atoms with Crippen LogP contribution >= 0.6 is 11.3 Å². The molecule has 1 aromatic rings. The van der Waals surface area contributed by atoms with Gasteiger partial charge in [0.2, 0.25) is 0 Å². The summed E-state index contributed by atoms with van der Waals surface area (Å²) < 4.78 is 0. The van der Waals surface area contributed by atoms with Crippen LogP contribution in [0.5, 0.6) is 0 Å². The third-order valence-corrected chi connectivity index (χ3v) is 2.16. The van der Waals surface area contributed by atoms with E-state index < -0.39 is 0 Å². The summed E-state index contributed by atoms with van der Waals surface area (Å²) in [5.41, 5.74) is 0. The van der Waals surface area contributed by atoms with E-state index in [-0.39, 0.29) is 0 Å². The number of hydrogen-bond donors (Lipinski definition) is 0. The minimum Gasteiger partial charge on any atom is -0.289 e. The van der Waals surface area contributed by atoms with E-state index in [1.807, 2.05) is 18.9 Å². The maximum absolute atomic E-state index is 5.16. The molecule has 0 aliphatic heterocycles. The van der Waals surface area contributed by atoms with E-state index in [1.165, 1.54) is 0 Å². The Morgan fingerprint density at radius 1 is 1.58 bits per heavy atom. The molecule has 1 heterocycles. The van der Waals surface area contributed by atoms with E-state index in [2.05, 4.69) is 16.1 Å². The summed E-state index contributed by atoms with van der Waals surface area (Å²) >= 11 is 1.61. The van der Waals surface area contributed by atoms with Crippen LogP contribution in [0.15, 0.2) is 0 Å². The van der Waals surface area contributed by atoms with E-state index >= 15 is 0 Å². The van der Waals surface area contributed by atoms with Gasteiger partial charge in [-0.3, -0.25) is 4.90 Å². The number of terminal acetylenes is 1. The van der Waals surface area contributed by atoms with Gasteiger partial charge in [0.05, 0.1) is 13.1 Å². The molecule has 3 nitrogen and oxygen atoms in total. The molecule has 0 bridgehead atoms. The minimum atomic E-state index is 0.651. The largest absolute Gasteiger partial charge is 0.289 e. The molecule has 0 aliphatic carbocycles. The molecule has 0 amide bonds. The fourth-order valence-electron chi connectivity index (χ4n) is 0.844. The Kier molecular flexibility index (Phi) is 3.20. The summed E-state index contributed by atoms with van der Waals surface area (Å²) in [7, 11) is 1.97. The first kappa shape index (κ1) is 9.17. The third kappa shape index (κ3) is 2.61. The summed E-state index contributed by atoms with van der Waals surface area (Å²) in [5.74, 6) is 2.58. The van der Waals surface area contributed by atoms with Crippen LogP contribution in [0.3, 0.4) is 0 Å². The number of aryl methyl sites for hydroxylation is 1. The summed E-state index contributed by atoms with van der Waals surface area (Å²) in [6.07, 6.45) is 5.16. The molecule has 1 rings (SSSR count). The van der Waals surface area contributed by atoms with Crippen molar-refractivity contribution in [3.8, 4) is 12.3 Å².